The third-order valence-electron chi connectivity index (χ3n) is 0.183. The summed E-state index contributed by atoms with van der Waals surface area (Å²) in [5, 5.41) is 14.8. The number of hydrogen-bond donors (Lipinski definition) is 5. The molecule has 0 heterocycles. The molecule has 0 amide bonds. The van der Waals surface area contributed by atoms with Gasteiger partial charge in [0.15, 0.2) is 0 Å². The van der Waals surface area contributed by atoms with Gasteiger partial charge in [0.25, 0.3) is 0 Å². The van der Waals surface area contributed by atoms with Gasteiger partial charge in [-0.2, -0.15) is 0 Å². The number of hydrogen-bond acceptors (Lipinski definition) is 3. The van der Waals surface area contributed by atoms with Crippen LogP contribution in [0.3, 0.4) is 0 Å². The standard InChI is InChI=1S/C2H2O4.Na.H3O4P.H/c3-1(4)2(5)6;;1-5(2,3)4;/h(H,3,4)(H,5,6);;(H3,1,2,3,4);/q;+1;;-1. The number of carboxylic acid groups (broad SMARTS) is 2. The van der Waals surface area contributed by atoms with Crippen LogP contribution in [0.1, 0.15) is 1.43 Å². The molecule has 5 N–H and O–H groups in total. The van der Waals surface area contributed by atoms with Crippen LogP contribution < -0.4 is 29.6 Å². The van der Waals surface area contributed by atoms with Crippen molar-refractivity contribution >= 4 is 19.8 Å². The zero-order valence-corrected chi connectivity index (χ0v) is 8.80. The Balaban J connectivity index is -0.0000000546. The molecule has 12 heavy (non-hydrogen) atoms. The molecular weight excluding hydrogens is 206 g/mol. The van der Waals surface area contributed by atoms with Gasteiger partial charge in [-0.3, -0.25) is 0 Å². The third-order valence-corrected chi connectivity index (χ3v) is 0.183. The summed E-state index contributed by atoms with van der Waals surface area (Å²) in [6.45, 7) is 0. The van der Waals surface area contributed by atoms with Gasteiger partial charge < -0.3 is 26.3 Å². The van der Waals surface area contributed by atoms with Crippen molar-refractivity contribution < 1.29 is 70.0 Å². The Hall–Kier alpha value is 0.0500. The number of carbonyl (C=O) groups is 2. The van der Waals surface area contributed by atoms with Crippen LogP contribution in [0.25, 0.3) is 0 Å². The summed E-state index contributed by atoms with van der Waals surface area (Å²) >= 11 is 0. The minimum atomic E-state index is -4.64. The van der Waals surface area contributed by atoms with Crippen molar-refractivity contribution in [3.8, 4) is 0 Å². The normalized spacial score (nSPS) is 8.58. The quantitative estimate of drug-likeness (QED) is 0.152. The third kappa shape index (κ3) is 50.2. The minimum Gasteiger partial charge on any atom is -1.00 e. The van der Waals surface area contributed by atoms with Crippen LogP contribution in [-0.2, 0) is 14.2 Å². The predicted molar refractivity (Wildman–Crippen MR) is 30.6 cm³/mol. The molecule has 0 aliphatic carbocycles. The maximum absolute atomic E-state index is 9.10. The van der Waals surface area contributed by atoms with Crippen molar-refractivity contribution in [1.82, 2.24) is 0 Å². The first kappa shape index (κ1) is 18.0. The van der Waals surface area contributed by atoms with E-state index >= 15 is 0 Å². The van der Waals surface area contributed by atoms with E-state index in [2.05, 4.69) is 0 Å². The molecule has 0 aliphatic heterocycles. The van der Waals surface area contributed by atoms with Crippen molar-refractivity contribution in [2.75, 3.05) is 0 Å². The Morgan fingerprint density at radius 1 is 1.00 bits per heavy atom. The number of aliphatic carboxylic acids is 2. The fourth-order valence-corrected chi connectivity index (χ4v) is 0. The Labute approximate surface area is 89.9 Å². The van der Waals surface area contributed by atoms with Gasteiger partial charge in [-0.25, -0.2) is 14.2 Å². The molecule has 0 unspecified atom stereocenters. The second-order valence-electron chi connectivity index (χ2n) is 1.12. The maximum Gasteiger partial charge on any atom is 1.00 e. The molecule has 0 saturated heterocycles. The number of rotatable bonds is 0. The zero-order chi connectivity index (χ0) is 9.65. The summed E-state index contributed by atoms with van der Waals surface area (Å²) in [6, 6.07) is 0. The summed E-state index contributed by atoms with van der Waals surface area (Å²) in [6.07, 6.45) is 0. The van der Waals surface area contributed by atoms with E-state index < -0.39 is 19.8 Å². The maximum atomic E-state index is 9.10. The van der Waals surface area contributed by atoms with Crippen LogP contribution in [0.2, 0.25) is 0 Å². The van der Waals surface area contributed by atoms with E-state index in [9.17, 15) is 0 Å². The molecule has 0 aromatic carbocycles. The molecule has 0 atom stereocenters. The van der Waals surface area contributed by atoms with Gasteiger partial charge >= 0.3 is 49.3 Å². The zero-order valence-electron chi connectivity index (χ0n) is 6.91. The second-order valence-corrected chi connectivity index (χ2v) is 2.15. The Morgan fingerprint density at radius 2 is 1.08 bits per heavy atom. The van der Waals surface area contributed by atoms with Crippen molar-refractivity contribution in [1.29, 1.82) is 0 Å². The molecule has 0 bridgehead atoms. The molecule has 0 fully saturated rings. The molecule has 0 aliphatic rings. The van der Waals surface area contributed by atoms with Crippen LogP contribution in [0.15, 0.2) is 0 Å². The van der Waals surface area contributed by atoms with E-state index in [1.54, 1.807) is 0 Å². The van der Waals surface area contributed by atoms with Gasteiger partial charge in [-0.15, -0.1) is 0 Å². The van der Waals surface area contributed by atoms with E-state index in [0.29, 0.717) is 0 Å². The number of carboxylic acids is 2. The van der Waals surface area contributed by atoms with Gasteiger partial charge in [0.1, 0.15) is 0 Å². The van der Waals surface area contributed by atoms with Crippen LogP contribution >= 0.6 is 7.82 Å². The van der Waals surface area contributed by atoms with Crippen molar-refractivity contribution in [2.45, 2.75) is 0 Å². The SMILES string of the molecule is O=C(O)C(=O)O.O=P(O)(O)O.[H-].[Na+]. The van der Waals surface area contributed by atoms with Gasteiger partial charge in [-0.1, -0.05) is 0 Å². The van der Waals surface area contributed by atoms with E-state index in [1.807, 2.05) is 0 Å². The molecule has 0 aromatic rings. The molecular formula is C2H6NaO8P. The summed E-state index contributed by atoms with van der Waals surface area (Å²) in [4.78, 5) is 39.8. The number of phosphoric acid groups is 1. The van der Waals surface area contributed by atoms with Crippen LogP contribution in [0, 0.1) is 0 Å². The summed E-state index contributed by atoms with van der Waals surface area (Å²) < 4.78 is 8.88. The Kier molecular flexibility index (Phi) is 11.5. The van der Waals surface area contributed by atoms with E-state index in [0.717, 1.165) is 0 Å². The summed E-state index contributed by atoms with van der Waals surface area (Å²) in [7, 11) is -4.64. The molecule has 0 rings (SSSR count). The van der Waals surface area contributed by atoms with Gasteiger partial charge in [0.2, 0.25) is 0 Å². The molecule has 8 nitrogen and oxygen atoms in total. The second kappa shape index (κ2) is 7.69. The average molecular weight is 212 g/mol. The minimum absolute atomic E-state index is 0. The Bertz CT molecular complexity index is 178. The monoisotopic (exact) mass is 212 g/mol. The molecule has 68 valence electrons. The molecule has 0 aromatic heterocycles. The fraction of sp³-hybridized carbons (Fsp3) is 0. The summed E-state index contributed by atoms with van der Waals surface area (Å²) in [5.41, 5.74) is 0. The van der Waals surface area contributed by atoms with Crippen LogP contribution in [0.5, 0.6) is 0 Å². The fourth-order valence-electron chi connectivity index (χ4n) is 0. The summed E-state index contributed by atoms with van der Waals surface area (Å²) in [5.74, 6) is -3.65. The van der Waals surface area contributed by atoms with Gasteiger partial charge in [0, 0.05) is 0 Å². The van der Waals surface area contributed by atoms with Crippen LogP contribution in [-0.4, -0.2) is 36.8 Å². The molecule has 0 saturated carbocycles. The van der Waals surface area contributed by atoms with Crippen molar-refractivity contribution in [3.05, 3.63) is 0 Å². The molecule has 10 heteroatoms. The first-order valence-electron chi connectivity index (χ1n) is 1.89. The molecule has 0 spiro atoms. The van der Waals surface area contributed by atoms with Crippen molar-refractivity contribution in [2.24, 2.45) is 0 Å². The van der Waals surface area contributed by atoms with E-state index in [4.69, 9.17) is 39.0 Å². The first-order chi connectivity index (χ1) is 4.64. The predicted octanol–water partition coefficient (Wildman–Crippen LogP) is -4.66. The van der Waals surface area contributed by atoms with Gasteiger partial charge in [0.05, 0.1) is 0 Å². The van der Waals surface area contributed by atoms with Crippen molar-refractivity contribution in [3.63, 3.8) is 0 Å². The first-order valence-corrected chi connectivity index (χ1v) is 3.45. The largest absolute Gasteiger partial charge is 1.00 e. The van der Waals surface area contributed by atoms with Gasteiger partial charge in [-0.05, 0) is 0 Å². The Morgan fingerprint density at radius 3 is 1.08 bits per heavy atom. The topological polar surface area (TPSA) is 152 Å². The average Bonchev–Trinajstić information content (AvgIpc) is 1.59. The van der Waals surface area contributed by atoms with E-state index in [-0.39, 0.29) is 31.0 Å². The van der Waals surface area contributed by atoms with Crippen LogP contribution in [0.4, 0.5) is 0 Å². The van der Waals surface area contributed by atoms with E-state index in [1.165, 1.54) is 0 Å². The smallest absolute Gasteiger partial charge is 1.00 e. The molecule has 0 radical (unpaired) electrons.